The van der Waals surface area contributed by atoms with Crippen molar-refractivity contribution in [2.75, 3.05) is 43.0 Å². The molecule has 2 heterocycles. The molecule has 8 nitrogen and oxygen atoms in total. The lowest BCUT2D eigenvalue weighted by Gasteiger charge is -2.22. The van der Waals surface area contributed by atoms with Gasteiger partial charge in [0.2, 0.25) is 5.91 Å². The monoisotopic (exact) mass is 322 g/mol. The summed E-state index contributed by atoms with van der Waals surface area (Å²) < 4.78 is 0. The highest BCUT2D eigenvalue weighted by Gasteiger charge is 2.36. The second-order valence-electron chi connectivity index (χ2n) is 6.10. The highest BCUT2D eigenvalue weighted by atomic mass is 16.3. The van der Waals surface area contributed by atoms with Crippen LogP contribution in [0.2, 0.25) is 0 Å². The van der Waals surface area contributed by atoms with Crippen LogP contribution in [0, 0.1) is 11.8 Å². The highest BCUT2D eigenvalue weighted by molar-refractivity contribution is 5.78. The van der Waals surface area contributed by atoms with E-state index in [1.54, 1.807) is 0 Å². The molecule has 0 spiro atoms. The number of aliphatic hydroxyl groups is 1. The lowest BCUT2D eigenvalue weighted by Crippen LogP contribution is -2.44. The number of hydrogen-bond donors (Lipinski definition) is 4. The van der Waals surface area contributed by atoms with Gasteiger partial charge in [0.1, 0.15) is 18.0 Å². The summed E-state index contributed by atoms with van der Waals surface area (Å²) in [7, 11) is 0. The van der Waals surface area contributed by atoms with E-state index in [1.807, 2.05) is 6.07 Å². The molecular weight excluding hydrogens is 296 g/mol. The van der Waals surface area contributed by atoms with Gasteiger partial charge in [-0.05, 0) is 5.92 Å². The molecule has 128 valence electrons. The molecule has 0 aliphatic carbocycles. The van der Waals surface area contributed by atoms with Crippen molar-refractivity contribution in [3.8, 4) is 0 Å². The second-order valence-corrected chi connectivity index (χ2v) is 6.10. The molecule has 0 saturated carbocycles. The van der Waals surface area contributed by atoms with Crippen LogP contribution in [0.15, 0.2) is 12.4 Å². The Bertz CT molecular complexity index is 524. The van der Waals surface area contributed by atoms with Gasteiger partial charge in [0.05, 0.1) is 19.2 Å². The Morgan fingerprint density at radius 1 is 1.48 bits per heavy atom. The third kappa shape index (κ3) is 4.52. The molecule has 1 saturated heterocycles. The van der Waals surface area contributed by atoms with Crippen LogP contribution in [-0.2, 0) is 4.79 Å². The fourth-order valence-electron chi connectivity index (χ4n) is 2.91. The third-order valence-electron chi connectivity index (χ3n) is 4.15. The van der Waals surface area contributed by atoms with Crippen LogP contribution >= 0.6 is 0 Å². The van der Waals surface area contributed by atoms with Gasteiger partial charge in [-0.1, -0.05) is 13.8 Å². The summed E-state index contributed by atoms with van der Waals surface area (Å²) in [6.07, 6.45) is 1.51. The Kier molecular flexibility index (Phi) is 6.12. The van der Waals surface area contributed by atoms with Crippen LogP contribution in [0.3, 0.4) is 0 Å². The predicted octanol–water partition coefficient (Wildman–Crippen LogP) is -0.583. The normalized spacial score (nSPS) is 20.8. The summed E-state index contributed by atoms with van der Waals surface area (Å²) in [6.45, 7) is 6.33. The number of nitrogens with zero attached hydrogens (tertiary/aromatic N) is 3. The van der Waals surface area contributed by atoms with Gasteiger partial charge >= 0.3 is 0 Å². The minimum atomic E-state index is -0.129. The number of amides is 1. The molecule has 1 amide bonds. The van der Waals surface area contributed by atoms with Crippen molar-refractivity contribution in [1.82, 2.24) is 15.3 Å². The standard InChI is InChI=1S/C15H26N6O2/c1-10(2)11-7-21(8-12(11)20-15(23)6-16)14-5-13(17-3-4-22)18-9-19-14/h5,9-12,22H,3-4,6-8,16H2,1-2H3,(H,20,23)(H,17,18,19)/t11-,12+/m1/s1. The number of carbonyl (C=O) groups excluding carboxylic acids is 1. The summed E-state index contributed by atoms with van der Waals surface area (Å²) in [5.74, 6) is 2.15. The summed E-state index contributed by atoms with van der Waals surface area (Å²) in [5, 5.41) is 14.9. The minimum absolute atomic E-state index is 0.00402. The molecule has 1 aromatic rings. The van der Waals surface area contributed by atoms with E-state index in [0.29, 0.717) is 30.7 Å². The zero-order chi connectivity index (χ0) is 16.8. The topological polar surface area (TPSA) is 116 Å². The molecule has 1 aliphatic heterocycles. The molecule has 1 aromatic heterocycles. The third-order valence-corrected chi connectivity index (χ3v) is 4.15. The molecule has 5 N–H and O–H groups in total. The first-order chi connectivity index (χ1) is 11.0. The van der Waals surface area contributed by atoms with E-state index >= 15 is 0 Å². The van der Waals surface area contributed by atoms with Gasteiger partial charge in [-0.2, -0.15) is 0 Å². The molecule has 2 atom stereocenters. The number of nitrogens with two attached hydrogens (primary N) is 1. The van der Waals surface area contributed by atoms with Crippen molar-refractivity contribution in [3.05, 3.63) is 12.4 Å². The Morgan fingerprint density at radius 2 is 2.26 bits per heavy atom. The van der Waals surface area contributed by atoms with E-state index < -0.39 is 0 Å². The van der Waals surface area contributed by atoms with Crippen molar-refractivity contribution in [2.24, 2.45) is 17.6 Å². The average molecular weight is 322 g/mol. The maximum atomic E-state index is 11.6. The van der Waals surface area contributed by atoms with Crippen molar-refractivity contribution < 1.29 is 9.90 Å². The molecule has 0 unspecified atom stereocenters. The number of aliphatic hydroxyl groups excluding tert-OH is 1. The molecule has 2 rings (SSSR count). The Hall–Kier alpha value is -1.93. The van der Waals surface area contributed by atoms with Crippen LogP contribution in [0.5, 0.6) is 0 Å². The zero-order valence-electron chi connectivity index (χ0n) is 13.7. The van der Waals surface area contributed by atoms with E-state index in [4.69, 9.17) is 10.8 Å². The lowest BCUT2D eigenvalue weighted by molar-refractivity contribution is -0.120. The number of anilines is 2. The first-order valence-electron chi connectivity index (χ1n) is 7.96. The molecule has 0 bridgehead atoms. The SMILES string of the molecule is CC(C)[C@H]1CN(c2cc(NCCO)ncn2)C[C@@H]1NC(=O)CN. The molecular formula is C15H26N6O2. The fourth-order valence-corrected chi connectivity index (χ4v) is 2.91. The summed E-state index contributed by atoms with van der Waals surface area (Å²) in [4.78, 5) is 22.3. The highest BCUT2D eigenvalue weighted by Crippen LogP contribution is 2.28. The van der Waals surface area contributed by atoms with Crippen molar-refractivity contribution in [1.29, 1.82) is 0 Å². The van der Waals surface area contributed by atoms with E-state index in [-0.39, 0.29) is 25.1 Å². The largest absolute Gasteiger partial charge is 0.395 e. The van der Waals surface area contributed by atoms with Gasteiger partial charge in [-0.15, -0.1) is 0 Å². The van der Waals surface area contributed by atoms with Gasteiger partial charge in [-0.3, -0.25) is 4.79 Å². The van der Waals surface area contributed by atoms with Crippen LogP contribution in [0.1, 0.15) is 13.8 Å². The molecule has 8 heteroatoms. The van der Waals surface area contributed by atoms with Crippen molar-refractivity contribution >= 4 is 17.5 Å². The fraction of sp³-hybridized carbons (Fsp3) is 0.667. The van der Waals surface area contributed by atoms with Crippen LogP contribution < -0.4 is 21.3 Å². The van der Waals surface area contributed by atoms with E-state index in [2.05, 4.69) is 39.3 Å². The van der Waals surface area contributed by atoms with Crippen molar-refractivity contribution in [2.45, 2.75) is 19.9 Å². The number of hydrogen-bond acceptors (Lipinski definition) is 7. The number of rotatable bonds is 7. The van der Waals surface area contributed by atoms with Gasteiger partial charge in [-0.25, -0.2) is 9.97 Å². The average Bonchev–Trinajstić information content (AvgIpc) is 2.97. The minimum Gasteiger partial charge on any atom is -0.395 e. The lowest BCUT2D eigenvalue weighted by atomic mass is 9.91. The Labute approximate surface area is 136 Å². The molecule has 0 radical (unpaired) electrons. The maximum Gasteiger partial charge on any atom is 0.234 e. The van der Waals surface area contributed by atoms with Crippen LogP contribution in [-0.4, -0.2) is 59.8 Å². The zero-order valence-corrected chi connectivity index (χ0v) is 13.7. The predicted molar refractivity (Wildman–Crippen MR) is 89.1 cm³/mol. The number of nitrogens with one attached hydrogen (secondary N) is 2. The molecule has 23 heavy (non-hydrogen) atoms. The smallest absolute Gasteiger partial charge is 0.234 e. The van der Waals surface area contributed by atoms with Gasteiger partial charge in [0.15, 0.2) is 0 Å². The van der Waals surface area contributed by atoms with E-state index in [0.717, 1.165) is 12.4 Å². The van der Waals surface area contributed by atoms with Crippen molar-refractivity contribution in [3.63, 3.8) is 0 Å². The molecule has 1 fully saturated rings. The van der Waals surface area contributed by atoms with E-state index in [9.17, 15) is 4.79 Å². The number of carbonyl (C=O) groups is 1. The quantitative estimate of drug-likeness (QED) is 0.530. The number of aromatic nitrogens is 2. The Morgan fingerprint density at radius 3 is 2.91 bits per heavy atom. The van der Waals surface area contributed by atoms with Crippen LogP contribution in [0.4, 0.5) is 11.6 Å². The van der Waals surface area contributed by atoms with Gasteiger partial charge in [0.25, 0.3) is 0 Å². The first-order valence-corrected chi connectivity index (χ1v) is 7.96. The second kappa shape index (κ2) is 8.07. The summed E-state index contributed by atoms with van der Waals surface area (Å²) >= 11 is 0. The van der Waals surface area contributed by atoms with Crippen LogP contribution in [0.25, 0.3) is 0 Å². The molecule has 0 aromatic carbocycles. The van der Waals surface area contributed by atoms with Gasteiger partial charge < -0.3 is 26.4 Å². The maximum absolute atomic E-state index is 11.6. The first kappa shape index (κ1) is 17.4. The Balaban J connectivity index is 2.10. The van der Waals surface area contributed by atoms with E-state index in [1.165, 1.54) is 6.33 Å². The molecule has 1 aliphatic rings. The van der Waals surface area contributed by atoms with Gasteiger partial charge in [0, 0.05) is 31.6 Å². The summed E-state index contributed by atoms with van der Waals surface area (Å²) in [6, 6.07) is 1.93. The summed E-state index contributed by atoms with van der Waals surface area (Å²) in [5.41, 5.74) is 5.41.